The SMILES string of the molecule is CN(C)CCOCCNc1cc(F)cc(F)c1[N+](=O)[O-]. The van der Waals surface area contributed by atoms with Gasteiger partial charge in [0.1, 0.15) is 11.5 Å². The van der Waals surface area contributed by atoms with Crippen LogP contribution in [0.3, 0.4) is 0 Å². The van der Waals surface area contributed by atoms with Crippen molar-refractivity contribution in [3.63, 3.8) is 0 Å². The third-order valence-electron chi connectivity index (χ3n) is 2.46. The first kappa shape index (κ1) is 16.3. The van der Waals surface area contributed by atoms with Gasteiger partial charge in [-0.25, -0.2) is 4.39 Å². The maximum Gasteiger partial charge on any atom is 0.327 e. The van der Waals surface area contributed by atoms with Crippen molar-refractivity contribution < 1.29 is 18.4 Å². The Morgan fingerprint density at radius 1 is 1.35 bits per heavy atom. The van der Waals surface area contributed by atoms with E-state index in [-0.39, 0.29) is 18.8 Å². The van der Waals surface area contributed by atoms with Gasteiger partial charge in [0.25, 0.3) is 0 Å². The number of anilines is 1. The van der Waals surface area contributed by atoms with Crippen LogP contribution in [0.1, 0.15) is 0 Å². The van der Waals surface area contributed by atoms with Crippen molar-refractivity contribution in [2.75, 3.05) is 45.7 Å². The molecule has 0 radical (unpaired) electrons. The number of hydrogen-bond acceptors (Lipinski definition) is 5. The van der Waals surface area contributed by atoms with E-state index in [1.165, 1.54) is 0 Å². The fourth-order valence-electron chi connectivity index (χ4n) is 1.49. The topological polar surface area (TPSA) is 67.6 Å². The van der Waals surface area contributed by atoms with Gasteiger partial charge in [-0.2, -0.15) is 4.39 Å². The minimum absolute atomic E-state index is 0.191. The van der Waals surface area contributed by atoms with E-state index in [1.807, 2.05) is 19.0 Å². The number of likely N-dealkylation sites (N-methyl/N-ethyl adjacent to an activating group) is 1. The first-order chi connectivity index (χ1) is 9.41. The highest BCUT2D eigenvalue weighted by Gasteiger charge is 2.21. The summed E-state index contributed by atoms with van der Waals surface area (Å²) in [5, 5.41) is 13.3. The van der Waals surface area contributed by atoms with E-state index in [0.29, 0.717) is 12.7 Å². The second kappa shape index (κ2) is 7.71. The molecule has 0 aliphatic rings. The summed E-state index contributed by atoms with van der Waals surface area (Å²) in [6, 6.07) is 1.37. The maximum absolute atomic E-state index is 13.3. The summed E-state index contributed by atoms with van der Waals surface area (Å²) in [6.45, 7) is 1.75. The summed E-state index contributed by atoms with van der Waals surface area (Å²) in [6.07, 6.45) is 0. The molecule has 0 fully saturated rings. The van der Waals surface area contributed by atoms with Crippen molar-refractivity contribution in [1.29, 1.82) is 0 Å². The predicted molar refractivity (Wildman–Crippen MR) is 70.9 cm³/mol. The molecule has 0 saturated carbocycles. The highest BCUT2D eigenvalue weighted by molar-refractivity contribution is 5.62. The van der Waals surface area contributed by atoms with Crippen LogP contribution in [0.2, 0.25) is 0 Å². The monoisotopic (exact) mass is 289 g/mol. The van der Waals surface area contributed by atoms with Crippen molar-refractivity contribution in [3.8, 4) is 0 Å². The molecule has 8 heteroatoms. The number of nitro benzene ring substituents is 1. The number of benzene rings is 1. The molecule has 0 spiro atoms. The summed E-state index contributed by atoms with van der Waals surface area (Å²) in [5.41, 5.74) is -0.955. The Kier molecular flexibility index (Phi) is 6.26. The minimum atomic E-state index is -1.20. The zero-order valence-corrected chi connectivity index (χ0v) is 11.4. The standard InChI is InChI=1S/C12H17F2N3O3/c1-16(2)4-6-20-5-3-15-11-8-9(13)7-10(14)12(11)17(18)19/h7-8,15H,3-6H2,1-2H3. The molecule has 0 heterocycles. The number of halogens is 2. The molecule has 0 amide bonds. The Morgan fingerprint density at radius 3 is 2.65 bits per heavy atom. The molecular formula is C12H17F2N3O3. The average molecular weight is 289 g/mol. The summed E-state index contributed by atoms with van der Waals surface area (Å²) >= 11 is 0. The van der Waals surface area contributed by atoms with Crippen LogP contribution in [-0.2, 0) is 4.74 Å². The minimum Gasteiger partial charge on any atom is -0.378 e. The van der Waals surface area contributed by atoms with Crippen LogP contribution in [0.5, 0.6) is 0 Å². The van der Waals surface area contributed by atoms with Gasteiger partial charge in [-0.1, -0.05) is 0 Å². The summed E-state index contributed by atoms with van der Waals surface area (Å²) < 4.78 is 31.6. The molecule has 0 bridgehead atoms. The molecule has 1 N–H and O–H groups in total. The van der Waals surface area contributed by atoms with E-state index in [1.54, 1.807) is 0 Å². The lowest BCUT2D eigenvalue weighted by molar-refractivity contribution is -0.386. The molecule has 0 aliphatic heterocycles. The number of hydrogen-bond donors (Lipinski definition) is 1. The van der Waals surface area contributed by atoms with Gasteiger partial charge < -0.3 is 15.0 Å². The highest BCUT2D eigenvalue weighted by atomic mass is 19.1. The quantitative estimate of drug-likeness (QED) is 0.449. The van der Waals surface area contributed by atoms with E-state index in [4.69, 9.17) is 4.74 Å². The van der Waals surface area contributed by atoms with Crippen molar-refractivity contribution in [2.24, 2.45) is 0 Å². The lowest BCUT2D eigenvalue weighted by Gasteiger charge is -2.11. The van der Waals surface area contributed by atoms with Gasteiger partial charge in [-0.05, 0) is 14.1 Å². The number of ether oxygens (including phenoxy) is 1. The maximum atomic E-state index is 13.3. The number of nitro groups is 1. The first-order valence-corrected chi connectivity index (χ1v) is 6.01. The largest absolute Gasteiger partial charge is 0.378 e. The van der Waals surface area contributed by atoms with Crippen molar-refractivity contribution in [2.45, 2.75) is 0 Å². The van der Waals surface area contributed by atoms with Crippen LogP contribution in [0.15, 0.2) is 12.1 Å². The summed E-state index contributed by atoms with van der Waals surface area (Å²) in [7, 11) is 3.81. The Morgan fingerprint density at radius 2 is 2.05 bits per heavy atom. The Balaban J connectivity index is 2.53. The van der Waals surface area contributed by atoms with Crippen LogP contribution in [0.4, 0.5) is 20.2 Å². The second-order valence-corrected chi connectivity index (χ2v) is 4.38. The molecular weight excluding hydrogens is 272 g/mol. The lowest BCUT2D eigenvalue weighted by Crippen LogP contribution is -2.20. The fraction of sp³-hybridized carbons (Fsp3) is 0.500. The van der Waals surface area contributed by atoms with Crippen molar-refractivity contribution in [1.82, 2.24) is 4.90 Å². The number of nitrogens with one attached hydrogen (secondary N) is 1. The smallest absolute Gasteiger partial charge is 0.327 e. The van der Waals surface area contributed by atoms with Crippen molar-refractivity contribution in [3.05, 3.63) is 33.9 Å². The third kappa shape index (κ3) is 5.06. The average Bonchev–Trinajstić information content (AvgIpc) is 2.31. The van der Waals surface area contributed by atoms with Gasteiger partial charge in [0.15, 0.2) is 0 Å². The van der Waals surface area contributed by atoms with E-state index in [9.17, 15) is 18.9 Å². The van der Waals surface area contributed by atoms with Crippen LogP contribution < -0.4 is 5.32 Å². The van der Waals surface area contributed by atoms with Crippen LogP contribution in [-0.4, -0.2) is 50.2 Å². The van der Waals surface area contributed by atoms with Crippen molar-refractivity contribution >= 4 is 11.4 Å². The number of nitrogens with zero attached hydrogens (tertiary/aromatic N) is 2. The van der Waals surface area contributed by atoms with E-state index >= 15 is 0 Å². The third-order valence-corrected chi connectivity index (χ3v) is 2.46. The van der Waals surface area contributed by atoms with Crippen LogP contribution in [0.25, 0.3) is 0 Å². The van der Waals surface area contributed by atoms with E-state index in [0.717, 1.165) is 12.6 Å². The van der Waals surface area contributed by atoms with Crippen LogP contribution >= 0.6 is 0 Å². The molecule has 1 aromatic rings. The summed E-state index contributed by atoms with van der Waals surface area (Å²) in [5.74, 6) is -2.07. The molecule has 20 heavy (non-hydrogen) atoms. The normalized spacial score (nSPS) is 10.8. The van der Waals surface area contributed by atoms with Gasteiger partial charge in [-0.15, -0.1) is 0 Å². The molecule has 0 aromatic heterocycles. The van der Waals surface area contributed by atoms with Gasteiger partial charge >= 0.3 is 5.69 Å². The van der Waals surface area contributed by atoms with Gasteiger partial charge in [0.05, 0.1) is 18.1 Å². The lowest BCUT2D eigenvalue weighted by atomic mass is 10.2. The van der Waals surface area contributed by atoms with Gasteiger partial charge in [0, 0.05) is 25.2 Å². The molecule has 1 rings (SSSR count). The molecule has 6 nitrogen and oxygen atoms in total. The Bertz CT molecular complexity index is 470. The fourth-order valence-corrected chi connectivity index (χ4v) is 1.49. The van der Waals surface area contributed by atoms with Gasteiger partial charge in [0.2, 0.25) is 5.82 Å². The van der Waals surface area contributed by atoms with Crippen LogP contribution in [0, 0.1) is 21.7 Å². The van der Waals surface area contributed by atoms with Gasteiger partial charge in [-0.3, -0.25) is 10.1 Å². The Hall–Kier alpha value is -1.80. The molecule has 0 atom stereocenters. The molecule has 1 aromatic carbocycles. The Labute approximate surface area is 115 Å². The summed E-state index contributed by atoms with van der Waals surface area (Å²) in [4.78, 5) is 11.8. The molecule has 112 valence electrons. The second-order valence-electron chi connectivity index (χ2n) is 4.38. The zero-order valence-electron chi connectivity index (χ0n) is 11.4. The predicted octanol–water partition coefficient (Wildman–Crippen LogP) is 1.86. The van der Waals surface area contributed by atoms with E-state index in [2.05, 4.69) is 5.32 Å². The van der Waals surface area contributed by atoms with E-state index < -0.39 is 22.2 Å². The first-order valence-electron chi connectivity index (χ1n) is 6.01. The molecule has 0 aliphatic carbocycles. The highest BCUT2D eigenvalue weighted by Crippen LogP contribution is 2.28. The molecule has 0 unspecified atom stereocenters. The zero-order chi connectivity index (χ0) is 15.1. The molecule has 0 saturated heterocycles. The number of rotatable bonds is 8.